The quantitative estimate of drug-likeness (QED) is 0.726. The standard InChI is InChI=1S/C9H16F2N2O/c1-8(2,3)12-7(14)4-13-5-9(10,11)6-13/h4-6H2,1-3H3,(H,12,14). The number of likely N-dealkylation sites (tertiary alicyclic amines) is 1. The highest BCUT2D eigenvalue weighted by atomic mass is 19.3. The summed E-state index contributed by atoms with van der Waals surface area (Å²) in [6.07, 6.45) is 0. The van der Waals surface area contributed by atoms with Crippen molar-refractivity contribution in [1.82, 2.24) is 10.2 Å². The van der Waals surface area contributed by atoms with Crippen molar-refractivity contribution < 1.29 is 13.6 Å². The molecule has 1 N–H and O–H groups in total. The molecule has 0 saturated carbocycles. The van der Waals surface area contributed by atoms with Crippen molar-refractivity contribution in [2.75, 3.05) is 19.6 Å². The predicted octanol–water partition coefficient (Wildman–Crippen LogP) is 0.852. The molecule has 1 fully saturated rings. The number of alkyl halides is 2. The summed E-state index contributed by atoms with van der Waals surface area (Å²) in [4.78, 5) is 12.7. The van der Waals surface area contributed by atoms with Gasteiger partial charge in [0.25, 0.3) is 5.92 Å². The van der Waals surface area contributed by atoms with Crippen LogP contribution in [0.2, 0.25) is 0 Å². The summed E-state index contributed by atoms with van der Waals surface area (Å²) >= 11 is 0. The van der Waals surface area contributed by atoms with E-state index in [-0.39, 0.29) is 31.1 Å². The Kier molecular flexibility index (Phi) is 2.81. The molecule has 0 aliphatic carbocycles. The Morgan fingerprint density at radius 2 is 1.93 bits per heavy atom. The molecular weight excluding hydrogens is 190 g/mol. The molecule has 0 radical (unpaired) electrons. The first kappa shape index (κ1) is 11.4. The normalized spacial score (nSPS) is 21.5. The Hall–Kier alpha value is -0.710. The van der Waals surface area contributed by atoms with Crippen molar-refractivity contribution in [3.05, 3.63) is 0 Å². The van der Waals surface area contributed by atoms with E-state index in [1.54, 1.807) is 0 Å². The van der Waals surface area contributed by atoms with Crippen LogP contribution < -0.4 is 5.32 Å². The lowest BCUT2D eigenvalue weighted by Gasteiger charge is -2.38. The van der Waals surface area contributed by atoms with Crippen LogP contribution in [-0.2, 0) is 4.79 Å². The molecule has 0 bridgehead atoms. The van der Waals surface area contributed by atoms with E-state index in [0.29, 0.717) is 0 Å². The molecule has 0 aromatic rings. The van der Waals surface area contributed by atoms with Gasteiger partial charge in [-0.05, 0) is 20.8 Å². The van der Waals surface area contributed by atoms with Gasteiger partial charge >= 0.3 is 0 Å². The first-order valence-electron chi connectivity index (χ1n) is 4.59. The summed E-state index contributed by atoms with van der Waals surface area (Å²) in [7, 11) is 0. The van der Waals surface area contributed by atoms with Crippen LogP contribution in [0.15, 0.2) is 0 Å². The molecule has 1 saturated heterocycles. The molecule has 1 heterocycles. The summed E-state index contributed by atoms with van der Waals surface area (Å²) in [6, 6.07) is 0. The maximum absolute atomic E-state index is 12.4. The van der Waals surface area contributed by atoms with Crippen molar-refractivity contribution >= 4 is 5.91 Å². The van der Waals surface area contributed by atoms with Crippen LogP contribution in [-0.4, -0.2) is 41.9 Å². The molecule has 5 heteroatoms. The Balaban J connectivity index is 2.24. The Morgan fingerprint density at radius 3 is 2.29 bits per heavy atom. The van der Waals surface area contributed by atoms with Gasteiger partial charge in [-0.2, -0.15) is 0 Å². The maximum Gasteiger partial charge on any atom is 0.272 e. The molecular formula is C9H16F2N2O. The van der Waals surface area contributed by atoms with Crippen LogP contribution in [0, 0.1) is 0 Å². The smallest absolute Gasteiger partial charge is 0.272 e. The van der Waals surface area contributed by atoms with Gasteiger partial charge < -0.3 is 5.32 Å². The molecule has 0 atom stereocenters. The third-order valence-electron chi connectivity index (χ3n) is 1.79. The highest BCUT2D eigenvalue weighted by Crippen LogP contribution is 2.25. The highest BCUT2D eigenvalue weighted by Gasteiger charge is 2.44. The minimum atomic E-state index is -2.60. The lowest BCUT2D eigenvalue weighted by Crippen LogP contribution is -2.59. The molecule has 0 unspecified atom stereocenters. The van der Waals surface area contributed by atoms with Crippen molar-refractivity contribution in [2.45, 2.75) is 32.2 Å². The zero-order valence-corrected chi connectivity index (χ0v) is 8.73. The largest absolute Gasteiger partial charge is 0.350 e. The lowest BCUT2D eigenvalue weighted by atomic mass is 10.1. The van der Waals surface area contributed by atoms with E-state index < -0.39 is 5.92 Å². The van der Waals surface area contributed by atoms with Crippen LogP contribution in [0.5, 0.6) is 0 Å². The number of rotatable bonds is 2. The van der Waals surface area contributed by atoms with Crippen molar-refractivity contribution in [2.24, 2.45) is 0 Å². The number of halogens is 2. The monoisotopic (exact) mass is 206 g/mol. The summed E-state index contributed by atoms with van der Waals surface area (Å²) in [5.74, 6) is -2.80. The van der Waals surface area contributed by atoms with E-state index in [4.69, 9.17) is 0 Å². The SMILES string of the molecule is CC(C)(C)NC(=O)CN1CC(F)(F)C1. The van der Waals surface area contributed by atoms with Gasteiger partial charge in [-0.15, -0.1) is 0 Å². The van der Waals surface area contributed by atoms with E-state index in [2.05, 4.69) is 5.32 Å². The van der Waals surface area contributed by atoms with Gasteiger partial charge in [0.15, 0.2) is 0 Å². The van der Waals surface area contributed by atoms with Crippen LogP contribution in [0.3, 0.4) is 0 Å². The number of amides is 1. The van der Waals surface area contributed by atoms with Crippen LogP contribution in [0.1, 0.15) is 20.8 Å². The number of hydrogen-bond acceptors (Lipinski definition) is 2. The molecule has 1 aliphatic rings. The first-order chi connectivity index (χ1) is 6.18. The number of carbonyl (C=O) groups is 1. The van der Waals surface area contributed by atoms with Crippen LogP contribution in [0.4, 0.5) is 8.78 Å². The third-order valence-corrected chi connectivity index (χ3v) is 1.79. The number of hydrogen-bond donors (Lipinski definition) is 1. The second kappa shape index (κ2) is 3.46. The molecule has 1 aliphatic heterocycles. The van der Waals surface area contributed by atoms with Crippen LogP contribution >= 0.6 is 0 Å². The second-order valence-corrected chi connectivity index (χ2v) is 4.80. The molecule has 82 valence electrons. The fourth-order valence-electron chi connectivity index (χ4n) is 1.38. The number of nitrogens with one attached hydrogen (secondary N) is 1. The second-order valence-electron chi connectivity index (χ2n) is 4.80. The fraction of sp³-hybridized carbons (Fsp3) is 0.889. The lowest BCUT2D eigenvalue weighted by molar-refractivity contribution is -0.144. The molecule has 3 nitrogen and oxygen atoms in total. The summed E-state index contributed by atoms with van der Waals surface area (Å²) in [5, 5.41) is 2.72. The average molecular weight is 206 g/mol. The predicted molar refractivity (Wildman–Crippen MR) is 49.3 cm³/mol. The topological polar surface area (TPSA) is 32.3 Å². The molecule has 14 heavy (non-hydrogen) atoms. The number of nitrogens with zero attached hydrogens (tertiary/aromatic N) is 1. The zero-order valence-electron chi connectivity index (χ0n) is 8.73. The maximum atomic E-state index is 12.4. The molecule has 1 rings (SSSR count). The van der Waals surface area contributed by atoms with Gasteiger partial charge in [0.05, 0.1) is 19.6 Å². The van der Waals surface area contributed by atoms with E-state index in [9.17, 15) is 13.6 Å². The Labute approximate surface area is 82.5 Å². The molecule has 1 amide bonds. The summed E-state index contributed by atoms with van der Waals surface area (Å²) < 4.78 is 24.8. The Morgan fingerprint density at radius 1 is 1.43 bits per heavy atom. The van der Waals surface area contributed by atoms with E-state index in [1.807, 2.05) is 20.8 Å². The summed E-state index contributed by atoms with van der Waals surface area (Å²) in [5.41, 5.74) is -0.301. The van der Waals surface area contributed by atoms with Crippen molar-refractivity contribution in [3.63, 3.8) is 0 Å². The van der Waals surface area contributed by atoms with Crippen molar-refractivity contribution in [1.29, 1.82) is 0 Å². The molecule has 0 aromatic heterocycles. The van der Waals surface area contributed by atoms with E-state index in [1.165, 1.54) is 4.90 Å². The minimum Gasteiger partial charge on any atom is -0.350 e. The average Bonchev–Trinajstić information content (AvgIpc) is 1.76. The molecule has 0 aromatic carbocycles. The van der Waals surface area contributed by atoms with Gasteiger partial charge in [-0.1, -0.05) is 0 Å². The van der Waals surface area contributed by atoms with Crippen LogP contribution in [0.25, 0.3) is 0 Å². The van der Waals surface area contributed by atoms with Gasteiger partial charge in [0.2, 0.25) is 5.91 Å². The Bertz CT molecular complexity index is 227. The highest BCUT2D eigenvalue weighted by molar-refractivity contribution is 5.78. The third kappa shape index (κ3) is 3.57. The fourth-order valence-corrected chi connectivity index (χ4v) is 1.38. The number of carbonyl (C=O) groups excluding carboxylic acids is 1. The van der Waals surface area contributed by atoms with E-state index >= 15 is 0 Å². The van der Waals surface area contributed by atoms with Crippen molar-refractivity contribution in [3.8, 4) is 0 Å². The zero-order chi connectivity index (χ0) is 11.0. The molecule has 0 spiro atoms. The van der Waals surface area contributed by atoms with E-state index in [0.717, 1.165) is 0 Å². The van der Waals surface area contributed by atoms with Gasteiger partial charge in [-0.25, -0.2) is 8.78 Å². The first-order valence-corrected chi connectivity index (χ1v) is 4.59. The minimum absolute atomic E-state index is 0.0624. The van der Waals surface area contributed by atoms with Gasteiger partial charge in [0, 0.05) is 5.54 Å². The van der Waals surface area contributed by atoms with Gasteiger partial charge in [-0.3, -0.25) is 9.69 Å². The van der Waals surface area contributed by atoms with Gasteiger partial charge in [0.1, 0.15) is 0 Å². The summed E-state index contributed by atoms with van der Waals surface area (Å²) in [6.45, 7) is 5.03.